The lowest BCUT2D eigenvalue weighted by atomic mass is 10.2. The minimum Gasteiger partial charge on any atom is -0.465 e. The van der Waals surface area contributed by atoms with Crippen molar-refractivity contribution >= 4 is 56.0 Å². The van der Waals surface area contributed by atoms with E-state index in [0.717, 1.165) is 13.7 Å². The number of ether oxygens (including phenoxy) is 1. The van der Waals surface area contributed by atoms with Gasteiger partial charge < -0.3 is 10.1 Å². The number of aromatic nitrogens is 1. The molecular formula is C13H10BrIN2O2. The van der Waals surface area contributed by atoms with Crippen LogP contribution in [0.25, 0.3) is 0 Å². The van der Waals surface area contributed by atoms with Crippen LogP contribution in [0.3, 0.4) is 0 Å². The lowest BCUT2D eigenvalue weighted by Gasteiger charge is -2.08. The van der Waals surface area contributed by atoms with Crippen LogP contribution in [0.1, 0.15) is 10.4 Å². The molecule has 1 N–H and O–H groups in total. The molecule has 0 amide bonds. The van der Waals surface area contributed by atoms with Crippen LogP contribution in [0.5, 0.6) is 0 Å². The van der Waals surface area contributed by atoms with Crippen molar-refractivity contribution in [2.75, 3.05) is 12.4 Å². The molecule has 0 unspecified atom stereocenters. The van der Waals surface area contributed by atoms with Crippen molar-refractivity contribution in [3.05, 3.63) is 50.1 Å². The average Bonchev–Trinajstić information content (AvgIpc) is 2.42. The van der Waals surface area contributed by atoms with Crippen molar-refractivity contribution in [2.24, 2.45) is 0 Å². The van der Waals surface area contributed by atoms with Crippen LogP contribution >= 0.6 is 38.5 Å². The molecule has 0 bridgehead atoms. The molecule has 0 radical (unpaired) electrons. The van der Waals surface area contributed by atoms with Crippen molar-refractivity contribution in [1.29, 1.82) is 0 Å². The maximum atomic E-state index is 11.4. The first-order valence-corrected chi connectivity index (χ1v) is 7.24. The Morgan fingerprint density at radius 3 is 2.84 bits per heavy atom. The third-order valence-electron chi connectivity index (χ3n) is 2.37. The summed E-state index contributed by atoms with van der Waals surface area (Å²) in [6, 6.07) is 9.13. The molecule has 0 aliphatic carbocycles. The lowest BCUT2D eigenvalue weighted by Crippen LogP contribution is -2.03. The summed E-state index contributed by atoms with van der Waals surface area (Å²) >= 11 is 5.68. The molecule has 1 heterocycles. The van der Waals surface area contributed by atoms with Gasteiger partial charge in [0.25, 0.3) is 0 Å². The van der Waals surface area contributed by atoms with E-state index in [4.69, 9.17) is 0 Å². The number of pyridine rings is 1. The average molecular weight is 433 g/mol. The molecule has 1 aromatic heterocycles. The summed E-state index contributed by atoms with van der Waals surface area (Å²) in [4.78, 5) is 15.6. The molecular weight excluding hydrogens is 423 g/mol. The van der Waals surface area contributed by atoms with E-state index in [2.05, 4.69) is 53.6 Å². The number of carbonyl (C=O) groups is 1. The Morgan fingerprint density at radius 1 is 1.37 bits per heavy atom. The Hall–Kier alpha value is -1.15. The number of nitrogens with zero attached hydrogens (tertiary/aromatic N) is 1. The van der Waals surface area contributed by atoms with Gasteiger partial charge in [-0.2, -0.15) is 0 Å². The summed E-state index contributed by atoms with van der Waals surface area (Å²) in [5, 5.41) is 3.15. The van der Waals surface area contributed by atoms with Gasteiger partial charge in [0, 0.05) is 19.9 Å². The third kappa shape index (κ3) is 3.66. The Morgan fingerprint density at radius 2 is 2.16 bits per heavy atom. The molecule has 98 valence electrons. The van der Waals surface area contributed by atoms with E-state index in [9.17, 15) is 4.79 Å². The van der Waals surface area contributed by atoms with Crippen molar-refractivity contribution in [2.45, 2.75) is 0 Å². The smallest absolute Gasteiger partial charge is 0.338 e. The first kappa shape index (κ1) is 14.3. The number of benzene rings is 1. The number of anilines is 2. The minimum absolute atomic E-state index is 0.379. The SMILES string of the molecule is COC(=O)c1ccnc(Nc2ccc(Br)c(I)c2)c1. The van der Waals surface area contributed by atoms with Crippen molar-refractivity contribution < 1.29 is 9.53 Å². The Balaban J connectivity index is 2.23. The van der Waals surface area contributed by atoms with E-state index in [0.29, 0.717) is 11.4 Å². The lowest BCUT2D eigenvalue weighted by molar-refractivity contribution is 0.0600. The van der Waals surface area contributed by atoms with E-state index < -0.39 is 0 Å². The van der Waals surface area contributed by atoms with Gasteiger partial charge >= 0.3 is 5.97 Å². The Labute approximate surface area is 132 Å². The molecule has 1 aromatic carbocycles. The fourth-order valence-corrected chi connectivity index (χ4v) is 2.23. The highest BCUT2D eigenvalue weighted by Gasteiger charge is 2.07. The third-order valence-corrected chi connectivity index (χ3v) is 4.70. The summed E-state index contributed by atoms with van der Waals surface area (Å²) in [6.07, 6.45) is 1.57. The number of esters is 1. The number of rotatable bonds is 3. The minimum atomic E-state index is -0.379. The number of methoxy groups -OCH3 is 1. The summed E-state index contributed by atoms with van der Waals surface area (Å²) in [7, 11) is 1.35. The fourth-order valence-electron chi connectivity index (χ4n) is 1.47. The fraction of sp³-hybridized carbons (Fsp3) is 0.0769. The monoisotopic (exact) mass is 432 g/mol. The van der Waals surface area contributed by atoms with Gasteiger partial charge in [-0.15, -0.1) is 0 Å². The van der Waals surface area contributed by atoms with Crippen molar-refractivity contribution in [1.82, 2.24) is 4.98 Å². The van der Waals surface area contributed by atoms with Crippen LogP contribution in [0.15, 0.2) is 41.0 Å². The zero-order chi connectivity index (χ0) is 13.8. The number of hydrogen-bond acceptors (Lipinski definition) is 4. The van der Waals surface area contributed by atoms with E-state index in [1.54, 1.807) is 18.3 Å². The molecule has 0 fully saturated rings. The normalized spacial score (nSPS) is 10.1. The zero-order valence-electron chi connectivity index (χ0n) is 9.98. The Kier molecular flexibility index (Phi) is 4.76. The number of nitrogens with one attached hydrogen (secondary N) is 1. The molecule has 2 aromatic rings. The van der Waals surface area contributed by atoms with Gasteiger partial charge in [0.05, 0.1) is 12.7 Å². The number of halogens is 2. The van der Waals surface area contributed by atoms with Crippen LogP contribution in [0, 0.1) is 3.57 Å². The molecule has 0 aliphatic heterocycles. The molecule has 0 aliphatic rings. The van der Waals surface area contributed by atoms with Gasteiger partial charge in [-0.25, -0.2) is 9.78 Å². The van der Waals surface area contributed by atoms with Gasteiger partial charge in [-0.3, -0.25) is 0 Å². The quantitative estimate of drug-likeness (QED) is 0.588. The maximum absolute atomic E-state index is 11.4. The van der Waals surface area contributed by atoms with Crippen LogP contribution in [0.4, 0.5) is 11.5 Å². The molecule has 0 saturated carbocycles. The van der Waals surface area contributed by atoms with Gasteiger partial charge in [0.1, 0.15) is 5.82 Å². The first-order chi connectivity index (χ1) is 9.10. The highest BCUT2D eigenvalue weighted by Crippen LogP contribution is 2.24. The highest BCUT2D eigenvalue weighted by molar-refractivity contribution is 14.1. The zero-order valence-corrected chi connectivity index (χ0v) is 13.7. The van der Waals surface area contributed by atoms with Gasteiger partial charge in [0.15, 0.2) is 0 Å². The summed E-state index contributed by atoms with van der Waals surface area (Å²) < 4.78 is 6.80. The topological polar surface area (TPSA) is 51.2 Å². The second-order valence-electron chi connectivity index (χ2n) is 3.68. The number of hydrogen-bond donors (Lipinski definition) is 1. The standard InChI is InChI=1S/C13H10BrIN2O2/c1-19-13(18)8-4-5-16-12(6-8)17-9-2-3-10(14)11(15)7-9/h2-7H,1H3,(H,16,17). The summed E-state index contributed by atoms with van der Waals surface area (Å²) in [5.41, 5.74) is 1.37. The van der Waals surface area contributed by atoms with E-state index in [1.807, 2.05) is 18.2 Å². The molecule has 4 nitrogen and oxygen atoms in total. The molecule has 19 heavy (non-hydrogen) atoms. The highest BCUT2D eigenvalue weighted by atomic mass is 127. The number of carbonyl (C=O) groups excluding carboxylic acids is 1. The summed E-state index contributed by atoms with van der Waals surface area (Å²) in [6.45, 7) is 0. The second-order valence-corrected chi connectivity index (χ2v) is 5.69. The van der Waals surface area contributed by atoms with Gasteiger partial charge in [-0.1, -0.05) is 0 Å². The molecule has 2 rings (SSSR count). The molecule has 6 heteroatoms. The summed E-state index contributed by atoms with van der Waals surface area (Å²) in [5.74, 6) is 0.219. The van der Waals surface area contributed by atoms with E-state index >= 15 is 0 Å². The van der Waals surface area contributed by atoms with Crippen LogP contribution < -0.4 is 5.32 Å². The van der Waals surface area contributed by atoms with Crippen molar-refractivity contribution in [3.63, 3.8) is 0 Å². The van der Waals surface area contributed by atoms with Gasteiger partial charge in [-0.05, 0) is 68.9 Å². The molecule has 0 spiro atoms. The predicted molar refractivity (Wildman–Crippen MR) is 85.7 cm³/mol. The van der Waals surface area contributed by atoms with Crippen LogP contribution in [-0.4, -0.2) is 18.1 Å². The Bertz CT molecular complexity index is 619. The van der Waals surface area contributed by atoms with Crippen LogP contribution in [0.2, 0.25) is 0 Å². The predicted octanol–water partition coefficient (Wildman–Crippen LogP) is 3.98. The maximum Gasteiger partial charge on any atom is 0.338 e. The van der Waals surface area contributed by atoms with E-state index in [-0.39, 0.29) is 5.97 Å². The van der Waals surface area contributed by atoms with Crippen LogP contribution in [-0.2, 0) is 4.74 Å². The molecule has 0 saturated heterocycles. The molecule has 0 atom stereocenters. The second kappa shape index (κ2) is 6.33. The van der Waals surface area contributed by atoms with Crippen molar-refractivity contribution in [3.8, 4) is 0 Å². The first-order valence-electron chi connectivity index (χ1n) is 5.36. The van der Waals surface area contributed by atoms with E-state index in [1.165, 1.54) is 7.11 Å². The largest absolute Gasteiger partial charge is 0.465 e. The van der Waals surface area contributed by atoms with Gasteiger partial charge in [0.2, 0.25) is 0 Å².